The van der Waals surface area contributed by atoms with Gasteiger partial charge in [-0.2, -0.15) is 0 Å². The number of benzene rings is 1. The number of anilines is 1. The molecule has 9 heteroatoms. The van der Waals surface area contributed by atoms with E-state index in [0.29, 0.717) is 5.69 Å². The number of carbonyl (C=O) groups excluding carboxylic acids is 3. The predicted octanol–water partition coefficient (Wildman–Crippen LogP) is 2.45. The number of hydrogen-bond acceptors (Lipinski definition) is 5. The lowest BCUT2D eigenvalue weighted by Gasteiger charge is -2.16. The molecule has 2 amide bonds. The molecule has 1 aromatic carbocycles. The molecule has 0 aliphatic heterocycles. The van der Waals surface area contributed by atoms with Gasteiger partial charge in [0.15, 0.2) is 11.8 Å². The van der Waals surface area contributed by atoms with Gasteiger partial charge in [-0.3, -0.25) is 9.59 Å². The van der Waals surface area contributed by atoms with E-state index in [1.807, 2.05) is 24.3 Å². The van der Waals surface area contributed by atoms with Crippen LogP contribution in [-0.2, 0) is 25.5 Å². The zero-order chi connectivity index (χ0) is 20.8. The number of hydrogen-bond donors (Lipinski definition) is 3. The largest absolute Gasteiger partial charge is 0.454 e. The highest BCUT2D eigenvalue weighted by molar-refractivity contribution is 6.32. The number of nitrogens with zero attached hydrogens (tertiary/aromatic N) is 1. The van der Waals surface area contributed by atoms with E-state index in [2.05, 4.69) is 20.6 Å². The van der Waals surface area contributed by atoms with E-state index in [1.54, 1.807) is 18.3 Å². The van der Waals surface area contributed by atoms with Crippen LogP contribution in [0.3, 0.4) is 0 Å². The summed E-state index contributed by atoms with van der Waals surface area (Å²) in [5.74, 6) is -1.65. The summed E-state index contributed by atoms with van der Waals surface area (Å²) in [6.45, 7) is 0.792. The molecule has 29 heavy (non-hydrogen) atoms. The third-order valence-electron chi connectivity index (χ3n) is 4.14. The average molecular weight is 415 g/mol. The topological polar surface area (TPSA) is 113 Å². The van der Waals surface area contributed by atoms with Crippen molar-refractivity contribution < 1.29 is 19.1 Å². The summed E-state index contributed by atoms with van der Waals surface area (Å²) in [7, 11) is 0. The number of para-hydroxylation sites is 1. The molecule has 8 nitrogen and oxygen atoms in total. The Kier molecular flexibility index (Phi) is 6.46. The zero-order valence-corrected chi connectivity index (χ0v) is 16.3. The van der Waals surface area contributed by atoms with Crippen LogP contribution in [0.4, 0.5) is 5.69 Å². The normalized spacial score (nSPS) is 11.7. The van der Waals surface area contributed by atoms with Gasteiger partial charge in [0.05, 0.1) is 5.69 Å². The number of H-pyrrole nitrogens is 1. The van der Waals surface area contributed by atoms with Crippen LogP contribution >= 0.6 is 11.6 Å². The van der Waals surface area contributed by atoms with E-state index in [9.17, 15) is 14.4 Å². The fourth-order valence-corrected chi connectivity index (χ4v) is 3.03. The van der Waals surface area contributed by atoms with Crippen molar-refractivity contribution in [2.45, 2.75) is 19.4 Å². The number of fused-ring (bicyclic) bond motifs is 1. The van der Waals surface area contributed by atoms with Crippen molar-refractivity contribution in [1.29, 1.82) is 0 Å². The summed E-state index contributed by atoms with van der Waals surface area (Å²) in [6, 6.07) is 9.88. The molecule has 0 bridgehead atoms. The highest BCUT2D eigenvalue weighted by Gasteiger charge is 2.24. The quantitative estimate of drug-likeness (QED) is 0.406. The number of nitrogens with one attached hydrogen (secondary N) is 3. The van der Waals surface area contributed by atoms with E-state index in [4.69, 9.17) is 16.3 Å². The van der Waals surface area contributed by atoms with Gasteiger partial charge < -0.3 is 20.4 Å². The van der Waals surface area contributed by atoms with Crippen molar-refractivity contribution in [3.8, 4) is 0 Å². The molecule has 0 aliphatic rings. The molecule has 150 valence electrons. The molecule has 3 aromatic rings. The molecule has 0 unspecified atom stereocenters. The minimum atomic E-state index is -0.929. The summed E-state index contributed by atoms with van der Waals surface area (Å²) in [5, 5.41) is 6.16. The molecule has 3 rings (SSSR count). The van der Waals surface area contributed by atoms with Gasteiger partial charge in [-0.15, -0.1) is 0 Å². The minimum absolute atomic E-state index is 0.127. The Morgan fingerprint density at radius 3 is 2.76 bits per heavy atom. The second kappa shape index (κ2) is 9.20. The highest BCUT2D eigenvalue weighted by Crippen LogP contribution is 2.20. The third-order valence-corrected chi connectivity index (χ3v) is 4.44. The first-order valence-electron chi connectivity index (χ1n) is 8.83. The van der Waals surface area contributed by atoms with E-state index in [-0.39, 0.29) is 17.5 Å². The van der Waals surface area contributed by atoms with Crippen molar-refractivity contribution in [2.24, 2.45) is 0 Å². The van der Waals surface area contributed by atoms with Crippen LogP contribution in [0.5, 0.6) is 0 Å². The van der Waals surface area contributed by atoms with E-state index < -0.39 is 24.5 Å². The Labute approximate surface area is 171 Å². The number of carbonyl (C=O) groups is 3. The van der Waals surface area contributed by atoms with Gasteiger partial charge in [-0.05, 0) is 23.8 Å². The van der Waals surface area contributed by atoms with Gasteiger partial charge >= 0.3 is 5.97 Å². The molecule has 0 aliphatic carbocycles. The van der Waals surface area contributed by atoms with Crippen molar-refractivity contribution in [3.63, 3.8) is 0 Å². The average Bonchev–Trinajstić information content (AvgIpc) is 3.10. The molecular weight excluding hydrogens is 396 g/mol. The summed E-state index contributed by atoms with van der Waals surface area (Å²) < 4.78 is 5.10. The maximum atomic E-state index is 12.5. The van der Waals surface area contributed by atoms with Crippen LogP contribution in [0.2, 0.25) is 5.15 Å². The van der Waals surface area contributed by atoms with Crippen molar-refractivity contribution in [1.82, 2.24) is 15.3 Å². The number of pyridine rings is 1. The van der Waals surface area contributed by atoms with Crippen LogP contribution in [0.15, 0.2) is 48.8 Å². The first-order chi connectivity index (χ1) is 13.9. The summed E-state index contributed by atoms with van der Waals surface area (Å²) >= 11 is 5.88. The van der Waals surface area contributed by atoms with E-state index >= 15 is 0 Å². The number of aromatic nitrogens is 2. The second-order valence-electron chi connectivity index (χ2n) is 6.31. The molecule has 2 heterocycles. The lowest BCUT2D eigenvalue weighted by Crippen LogP contribution is -2.43. The number of amides is 2. The molecular formula is C20H19ClN4O4. The summed E-state index contributed by atoms with van der Waals surface area (Å²) in [5.41, 5.74) is 2.08. The molecule has 0 spiro atoms. The lowest BCUT2D eigenvalue weighted by molar-refractivity contribution is -0.150. The van der Waals surface area contributed by atoms with Gasteiger partial charge in [0.2, 0.25) is 5.91 Å². The Morgan fingerprint density at radius 2 is 2.00 bits per heavy atom. The van der Waals surface area contributed by atoms with Crippen LogP contribution < -0.4 is 10.6 Å². The van der Waals surface area contributed by atoms with Crippen molar-refractivity contribution in [3.05, 3.63) is 59.5 Å². The van der Waals surface area contributed by atoms with Gasteiger partial charge in [0.25, 0.3) is 5.91 Å². The smallest absolute Gasteiger partial charge is 0.329 e. The minimum Gasteiger partial charge on any atom is -0.454 e. The fraction of sp³-hybridized carbons (Fsp3) is 0.200. The molecule has 0 radical (unpaired) electrons. The Bertz CT molecular complexity index is 1050. The monoisotopic (exact) mass is 414 g/mol. The molecule has 1 atom stereocenters. The summed E-state index contributed by atoms with van der Waals surface area (Å²) in [4.78, 5) is 43.0. The van der Waals surface area contributed by atoms with Crippen molar-refractivity contribution >= 4 is 46.0 Å². The van der Waals surface area contributed by atoms with Crippen molar-refractivity contribution in [2.75, 3.05) is 11.9 Å². The van der Waals surface area contributed by atoms with Gasteiger partial charge in [0, 0.05) is 36.6 Å². The number of rotatable bonds is 7. The molecule has 3 N–H and O–H groups in total. The Morgan fingerprint density at radius 1 is 1.21 bits per heavy atom. The lowest BCUT2D eigenvalue weighted by atomic mass is 10.0. The van der Waals surface area contributed by atoms with Crippen LogP contribution in [0.1, 0.15) is 12.5 Å². The molecule has 0 saturated heterocycles. The number of ether oxygens (including phenoxy) is 1. The highest BCUT2D eigenvalue weighted by atomic mass is 35.5. The van der Waals surface area contributed by atoms with Crippen LogP contribution in [0.25, 0.3) is 10.9 Å². The number of halogens is 1. The molecule has 2 aromatic heterocycles. The number of aromatic amines is 1. The van der Waals surface area contributed by atoms with Gasteiger partial charge in [-0.1, -0.05) is 29.8 Å². The third kappa shape index (κ3) is 5.32. The fourth-order valence-electron chi connectivity index (χ4n) is 2.86. The van der Waals surface area contributed by atoms with E-state index in [1.165, 1.54) is 13.1 Å². The van der Waals surface area contributed by atoms with Gasteiger partial charge in [-0.25, -0.2) is 9.78 Å². The SMILES string of the molecule is CC(=O)N[C@@H](Cc1c[nH]c2ccccc12)C(=O)OCC(=O)Nc1cccnc1Cl. The standard InChI is InChI=1S/C20H19ClN4O4/c1-12(26)24-17(9-13-10-23-15-6-3-2-5-14(13)15)20(28)29-11-18(27)25-16-7-4-8-22-19(16)21/h2-8,10,17,23H,9,11H2,1H3,(H,24,26)(H,25,27)/t17-/m0/s1. The van der Waals surface area contributed by atoms with Crippen LogP contribution in [0, 0.1) is 0 Å². The summed E-state index contributed by atoms with van der Waals surface area (Å²) in [6.07, 6.45) is 3.49. The maximum absolute atomic E-state index is 12.5. The molecule has 0 fully saturated rings. The van der Waals surface area contributed by atoms with E-state index in [0.717, 1.165) is 16.5 Å². The second-order valence-corrected chi connectivity index (χ2v) is 6.67. The van der Waals surface area contributed by atoms with Gasteiger partial charge in [0.1, 0.15) is 6.04 Å². The zero-order valence-electron chi connectivity index (χ0n) is 15.6. The first-order valence-corrected chi connectivity index (χ1v) is 9.21. The van der Waals surface area contributed by atoms with Crippen LogP contribution in [-0.4, -0.2) is 40.4 Å². The predicted molar refractivity (Wildman–Crippen MR) is 108 cm³/mol. The number of esters is 1. The Balaban J connectivity index is 1.64. The molecule has 0 saturated carbocycles. The first kappa shape index (κ1) is 20.3. The Hall–Kier alpha value is -3.39. The maximum Gasteiger partial charge on any atom is 0.329 e.